The number of hydrogen-bond donors (Lipinski definition) is 1. The number of rotatable bonds is 9. The van der Waals surface area contributed by atoms with Gasteiger partial charge in [-0.05, 0) is 37.0 Å². The third-order valence-corrected chi connectivity index (χ3v) is 5.85. The lowest BCUT2D eigenvalue weighted by Gasteiger charge is -2.20. The highest BCUT2D eigenvalue weighted by Crippen LogP contribution is 2.34. The van der Waals surface area contributed by atoms with Gasteiger partial charge in [0.1, 0.15) is 10.7 Å². The molecule has 0 radical (unpaired) electrons. The van der Waals surface area contributed by atoms with Crippen molar-refractivity contribution in [2.45, 2.75) is 32.4 Å². The summed E-state index contributed by atoms with van der Waals surface area (Å²) in [6, 6.07) is 6.06. The molecule has 1 saturated carbocycles. The van der Waals surface area contributed by atoms with E-state index < -0.39 is 0 Å². The van der Waals surface area contributed by atoms with Crippen LogP contribution in [-0.4, -0.2) is 32.9 Å². The summed E-state index contributed by atoms with van der Waals surface area (Å²) in [6.07, 6.45) is 9.36. The van der Waals surface area contributed by atoms with Crippen molar-refractivity contribution in [2.75, 3.05) is 11.4 Å². The first-order valence-corrected chi connectivity index (χ1v) is 10.7. The van der Waals surface area contributed by atoms with E-state index in [1.165, 1.54) is 29.7 Å². The lowest BCUT2D eigenvalue weighted by Crippen LogP contribution is -2.31. The molecule has 1 N–H and O–H groups in total. The van der Waals surface area contributed by atoms with Crippen LogP contribution in [0.15, 0.2) is 49.2 Å². The number of aryl methyl sites for hydroxylation is 1. The van der Waals surface area contributed by atoms with Gasteiger partial charge in [0.15, 0.2) is 5.13 Å². The summed E-state index contributed by atoms with van der Waals surface area (Å²) in [6.45, 7) is 1.61. The molecule has 156 valence electrons. The van der Waals surface area contributed by atoms with Crippen LogP contribution in [0.25, 0.3) is 0 Å². The second-order valence-corrected chi connectivity index (χ2v) is 8.25. The number of carbonyl (C=O) groups excluding carboxylic acids is 2. The van der Waals surface area contributed by atoms with E-state index in [-0.39, 0.29) is 23.5 Å². The Balaban J connectivity index is 1.38. The molecule has 4 rings (SSSR count). The Morgan fingerprint density at radius 1 is 1.27 bits per heavy atom. The monoisotopic (exact) mass is 427 g/mol. The Hall–Kier alpha value is -3.07. The first-order valence-electron chi connectivity index (χ1n) is 9.86. The molecule has 1 fully saturated rings. The van der Waals surface area contributed by atoms with Gasteiger partial charge < -0.3 is 9.88 Å². The second kappa shape index (κ2) is 9.17. The zero-order chi connectivity index (χ0) is 20.9. The first-order chi connectivity index (χ1) is 14.6. The van der Waals surface area contributed by atoms with Crippen LogP contribution in [0.5, 0.6) is 0 Å². The van der Waals surface area contributed by atoms with E-state index in [1.807, 2.05) is 10.8 Å². The topological polar surface area (TPSA) is 80.1 Å². The molecule has 30 heavy (non-hydrogen) atoms. The van der Waals surface area contributed by atoms with E-state index in [1.54, 1.807) is 29.6 Å². The second-order valence-electron chi connectivity index (χ2n) is 7.24. The number of thiazole rings is 1. The number of hydrogen-bond acceptors (Lipinski definition) is 5. The number of amides is 2. The van der Waals surface area contributed by atoms with Gasteiger partial charge in [0.25, 0.3) is 5.91 Å². The molecule has 0 aliphatic heterocycles. The minimum atomic E-state index is -0.319. The molecule has 0 spiro atoms. The zero-order valence-corrected chi connectivity index (χ0v) is 17.1. The van der Waals surface area contributed by atoms with Gasteiger partial charge in [-0.3, -0.25) is 14.5 Å². The predicted molar refractivity (Wildman–Crippen MR) is 112 cm³/mol. The summed E-state index contributed by atoms with van der Waals surface area (Å²) in [4.78, 5) is 35.6. The molecule has 2 aromatic heterocycles. The van der Waals surface area contributed by atoms with E-state index in [0.717, 1.165) is 31.4 Å². The molecular formula is C21H22FN5O2S. The molecule has 1 aromatic carbocycles. The van der Waals surface area contributed by atoms with Crippen LogP contribution in [-0.2, 0) is 17.9 Å². The van der Waals surface area contributed by atoms with Crippen LogP contribution >= 0.6 is 11.3 Å². The predicted octanol–water partition coefficient (Wildman–Crippen LogP) is 3.24. The molecule has 9 heteroatoms. The Morgan fingerprint density at radius 2 is 2.07 bits per heavy atom. The SMILES string of the molecule is O=C(NCCCn1ccnc1)c1cnc(N(Cc2ccc(F)cc2)C(=O)C2CC2)s1. The van der Waals surface area contributed by atoms with Gasteiger partial charge in [-0.25, -0.2) is 14.4 Å². The lowest BCUT2D eigenvalue weighted by molar-refractivity contribution is -0.119. The van der Waals surface area contributed by atoms with Crippen molar-refractivity contribution < 1.29 is 14.0 Å². The number of anilines is 1. The fourth-order valence-electron chi connectivity index (χ4n) is 3.03. The summed E-state index contributed by atoms with van der Waals surface area (Å²) in [5.41, 5.74) is 0.811. The quantitative estimate of drug-likeness (QED) is 0.532. The molecular weight excluding hydrogens is 405 g/mol. The normalized spacial score (nSPS) is 13.2. The highest BCUT2D eigenvalue weighted by Gasteiger charge is 2.35. The maximum Gasteiger partial charge on any atom is 0.263 e. The molecule has 0 unspecified atom stereocenters. The summed E-state index contributed by atoms with van der Waals surface area (Å²) >= 11 is 1.19. The summed E-state index contributed by atoms with van der Waals surface area (Å²) in [5, 5.41) is 3.37. The number of nitrogens with zero attached hydrogens (tertiary/aromatic N) is 4. The minimum Gasteiger partial charge on any atom is -0.351 e. The van der Waals surface area contributed by atoms with Gasteiger partial charge in [0.05, 0.1) is 19.1 Å². The summed E-state index contributed by atoms with van der Waals surface area (Å²) in [5.74, 6) is -0.513. The van der Waals surface area contributed by atoms with Crippen molar-refractivity contribution in [3.63, 3.8) is 0 Å². The van der Waals surface area contributed by atoms with Crippen LogP contribution in [0, 0.1) is 11.7 Å². The number of benzene rings is 1. The smallest absolute Gasteiger partial charge is 0.263 e. The highest BCUT2D eigenvalue weighted by atomic mass is 32.1. The highest BCUT2D eigenvalue weighted by molar-refractivity contribution is 7.17. The maximum atomic E-state index is 13.2. The van der Waals surface area contributed by atoms with Crippen molar-refractivity contribution in [1.82, 2.24) is 19.9 Å². The van der Waals surface area contributed by atoms with E-state index in [0.29, 0.717) is 23.1 Å². The van der Waals surface area contributed by atoms with E-state index in [4.69, 9.17) is 0 Å². The van der Waals surface area contributed by atoms with Crippen molar-refractivity contribution >= 4 is 28.3 Å². The first kappa shape index (κ1) is 20.2. The fourth-order valence-corrected chi connectivity index (χ4v) is 3.86. The Labute approximate surface area is 177 Å². The van der Waals surface area contributed by atoms with Crippen molar-refractivity contribution in [1.29, 1.82) is 0 Å². The van der Waals surface area contributed by atoms with Crippen molar-refractivity contribution in [3.8, 4) is 0 Å². The number of aromatic nitrogens is 3. The van der Waals surface area contributed by atoms with Gasteiger partial charge in [-0.15, -0.1) is 0 Å². The molecule has 0 bridgehead atoms. The van der Waals surface area contributed by atoms with E-state index >= 15 is 0 Å². The molecule has 7 nitrogen and oxygen atoms in total. The van der Waals surface area contributed by atoms with Crippen molar-refractivity contribution in [2.24, 2.45) is 5.92 Å². The number of imidazole rings is 1. The fraction of sp³-hybridized carbons (Fsp3) is 0.333. The number of nitrogens with one attached hydrogen (secondary N) is 1. The summed E-state index contributed by atoms with van der Waals surface area (Å²) in [7, 11) is 0. The van der Waals surface area contributed by atoms with Gasteiger partial charge in [-0.2, -0.15) is 0 Å². The molecule has 2 amide bonds. The largest absolute Gasteiger partial charge is 0.351 e. The average molecular weight is 428 g/mol. The standard InChI is InChI=1S/C21H22FN5O2S/c22-17-6-2-15(3-7-17)13-27(20(29)16-4-5-16)21-25-12-18(30-21)19(28)24-8-1-10-26-11-9-23-14-26/h2-3,6-7,9,11-12,14,16H,1,4-5,8,10,13H2,(H,24,28). The van der Waals surface area contributed by atoms with Crippen LogP contribution in [0.2, 0.25) is 0 Å². The van der Waals surface area contributed by atoms with E-state index in [9.17, 15) is 14.0 Å². The number of carbonyl (C=O) groups is 2. The zero-order valence-electron chi connectivity index (χ0n) is 16.3. The van der Waals surface area contributed by atoms with Gasteiger partial charge in [0, 0.05) is 31.4 Å². The van der Waals surface area contributed by atoms with Crippen LogP contribution in [0.4, 0.5) is 9.52 Å². The third kappa shape index (κ3) is 5.10. The van der Waals surface area contributed by atoms with Crippen LogP contribution < -0.4 is 10.2 Å². The van der Waals surface area contributed by atoms with Gasteiger partial charge in [-0.1, -0.05) is 23.5 Å². The molecule has 2 heterocycles. The Bertz CT molecular complexity index is 999. The average Bonchev–Trinajstić information content (AvgIpc) is 3.25. The number of halogens is 1. The third-order valence-electron chi connectivity index (χ3n) is 4.83. The molecule has 0 atom stereocenters. The summed E-state index contributed by atoms with van der Waals surface area (Å²) < 4.78 is 15.2. The molecule has 0 saturated heterocycles. The van der Waals surface area contributed by atoms with Gasteiger partial charge >= 0.3 is 0 Å². The lowest BCUT2D eigenvalue weighted by atomic mass is 10.2. The van der Waals surface area contributed by atoms with Crippen molar-refractivity contribution in [3.05, 3.63) is 65.4 Å². The van der Waals surface area contributed by atoms with E-state index in [2.05, 4.69) is 15.3 Å². The Kier molecular flexibility index (Phi) is 6.18. The molecule has 3 aromatic rings. The van der Waals surface area contributed by atoms with Crippen LogP contribution in [0.3, 0.4) is 0 Å². The van der Waals surface area contributed by atoms with Gasteiger partial charge in [0.2, 0.25) is 5.91 Å². The molecule has 1 aliphatic carbocycles. The maximum absolute atomic E-state index is 13.2. The Morgan fingerprint density at radius 3 is 2.77 bits per heavy atom. The van der Waals surface area contributed by atoms with Crippen LogP contribution in [0.1, 0.15) is 34.5 Å². The minimum absolute atomic E-state index is 0.000894. The molecule has 1 aliphatic rings.